The highest BCUT2D eigenvalue weighted by Gasteiger charge is 2.15. The molecule has 106 valence electrons. The molecule has 0 spiro atoms. The zero-order chi connectivity index (χ0) is 14.7. The molecule has 7 heteroatoms. The van der Waals surface area contributed by atoms with Crippen molar-refractivity contribution in [2.75, 3.05) is 5.75 Å². The number of carbonyl (C=O) groups is 1. The third-order valence-electron chi connectivity index (χ3n) is 2.64. The van der Waals surface area contributed by atoms with E-state index in [4.69, 9.17) is 5.11 Å². The number of hydrogen-bond acceptors (Lipinski definition) is 3. The fourth-order valence-electron chi connectivity index (χ4n) is 1.77. The Hall–Kier alpha value is -1.09. The van der Waals surface area contributed by atoms with Gasteiger partial charge in [-0.05, 0) is 47.2 Å². The quantitative estimate of drug-likeness (QED) is 0.612. The van der Waals surface area contributed by atoms with Gasteiger partial charge in [0, 0.05) is 15.5 Å². The SMILES string of the molecule is CCc1cnc(SCC(=O)O)n1-c1ccc(F)cc1I. The molecule has 0 aliphatic carbocycles. The first-order valence-electron chi connectivity index (χ1n) is 5.89. The van der Waals surface area contributed by atoms with Gasteiger partial charge in [-0.3, -0.25) is 9.36 Å². The first-order chi connectivity index (χ1) is 9.52. The van der Waals surface area contributed by atoms with E-state index >= 15 is 0 Å². The van der Waals surface area contributed by atoms with E-state index < -0.39 is 5.97 Å². The van der Waals surface area contributed by atoms with Crippen LogP contribution in [-0.4, -0.2) is 26.4 Å². The van der Waals surface area contributed by atoms with Crippen LogP contribution < -0.4 is 0 Å². The standard InChI is InChI=1S/C13H12FIN2O2S/c1-2-9-6-16-13(20-7-12(18)19)17(9)11-4-3-8(14)5-10(11)15/h3-6H,2,7H2,1H3,(H,18,19). The van der Waals surface area contributed by atoms with E-state index in [2.05, 4.69) is 27.6 Å². The minimum atomic E-state index is -0.892. The number of carboxylic acids is 1. The van der Waals surface area contributed by atoms with Gasteiger partial charge in [-0.15, -0.1) is 0 Å². The van der Waals surface area contributed by atoms with Crippen LogP contribution in [0.25, 0.3) is 5.69 Å². The van der Waals surface area contributed by atoms with Crippen molar-refractivity contribution in [3.05, 3.63) is 39.5 Å². The predicted molar refractivity (Wildman–Crippen MR) is 84.0 cm³/mol. The summed E-state index contributed by atoms with van der Waals surface area (Å²) in [7, 11) is 0. The van der Waals surface area contributed by atoms with E-state index in [0.29, 0.717) is 5.16 Å². The van der Waals surface area contributed by atoms with Crippen molar-refractivity contribution in [3.8, 4) is 5.69 Å². The molecule has 0 radical (unpaired) electrons. The van der Waals surface area contributed by atoms with E-state index in [-0.39, 0.29) is 11.6 Å². The monoisotopic (exact) mass is 406 g/mol. The molecule has 0 aliphatic heterocycles. The molecule has 0 aliphatic rings. The third-order valence-corrected chi connectivity index (χ3v) is 4.44. The summed E-state index contributed by atoms with van der Waals surface area (Å²) < 4.78 is 15.9. The van der Waals surface area contributed by atoms with Crippen LogP contribution in [0.15, 0.2) is 29.6 Å². The second kappa shape index (κ2) is 6.57. The number of aromatic nitrogens is 2. The molecule has 1 aromatic heterocycles. The lowest BCUT2D eigenvalue weighted by Crippen LogP contribution is -2.05. The van der Waals surface area contributed by atoms with Gasteiger partial charge in [-0.25, -0.2) is 9.37 Å². The number of nitrogens with zero attached hydrogens (tertiary/aromatic N) is 2. The maximum absolute atomic E-state index is 13.2. The molecule has 4 nitrogen and oxygen atoms in total. The molecule has 0 unspecified atom stereocenters. The van der Waals surface area contributed by atoms with Crippen LogP contribution in [0.3, 0.4) is 0 Å². The molecule has 0 bridgehead atoms. The predicted octanol–water partition coefficient (Wildman–Crippen LogP) is 3.36. The Balaban J connectivity index is 2.47. The molecule has 1 N–H and O–H groups in total. The van der Waals surface area contributed by atoms with Crippen LogP contribution in [-0.2, 0) is 11.2 Å². The maximum atomic E-state index is 13.2. The molecule has 0 saturated heterocycles. The third kappa shape index (κ3) is 3.32. The van der Waals surface area contributed by atoms with Crippen molar-refractivity contribution in [2.24, 2.45) is 0 Å². The zero-order valence-corrected chi connectivity index (χ0v) is 13.6. The molecule has 0 atom stereocenters. The summed E-state index contributed by atoms with van der Waals surface area (Å²) in [5.74, 6) is -1.25. The minimum absolute atomic E-state index is 0.0576. The Bertz CT molecular complexity index is 645. The molecule has 0 saturated carbocycles. The van der Waals surface area contributed by atoms with Gasteiger partial charge in [0.1, 0.15) is 5.82 Å². The van der Waals surface area contributed by atoms with Gasteiger partial charge in [-0.2, -0.15) is 0 Å². The average Bonchev–Trinajstić information content (AvgIpc) is 2.79. The first-order valence-corrected chi connectivity index (χ1v) is 7.96. The van der Waals surface area contributed by atoms with Crippen molar-refractivity contribution in [1.82, 2.24) is 9.55 Å². The number of aliphatic carboxylic acids is 1. The van der Waals surface area contributed by atoms with Gasteiger partial charge in [-0.1, -0.05) is 18.7 Å². The highest BCUT2D eigenvalue weighted by Crippen LogP contribution is 2.27. The van der Waals surface area contributed by atoms with Crippen molar-refractivity contribution < 1.29 is 14.3 Å². The molecular weight excluding hydrogens is 394 g/mol. The average molecular weight is 406 g/mol. The zero-order valence-electron chi connectivity index (χ0n) is 10.6. The topological polar surface area (TPSA) is 55.1 Å². The maximum Gasteiger partial charge on any atom is 0.313 e. The van der Waals surface area contributed by atoms with Gasteiger partial charge in [0.15, 0.2) is 5.16 Å². The van der Waals surface area contributed by atoms with Crippen molar-refractivity contribution in [2.45, 2.75) is 18.5 Å². The lowest BCUT2D eigenvalue weighted by Gasteiger charge is -2.12. The summed E-state index contributed by atoms with van der Waals surface area (Å²) in [5.41, 5.74) is 1.77. The number of thioether (sulfide) groups is 1. The van der Waals surface area contributed by atoms with E-state index in [1.165, 1.54) is 12.1 Å². The van der Waals surface area contributed by atoms with Gasteiger partial charge >= 0.3 is 5.97 Å². The lowest BCUT2D eigenvalue weighted by atomic mass is 10.3. The minimum Gasteiger partial charge on any atom is -0.481 e. The van der Waals surface area contributed by atoms with Gasteiger partial charge in [0.05, 0.1) is 11.4 Å². The van der Waals surface area contributed by atoms with Crippen LogP contribution in [0.4, 0.5) is 4.39 Å². The van der Waals surface area contributed by atoms with Crippen LogP contribution in [0, 0.1) is 9.39 Å². The highest BCUT2D eigenvalue weighted by atomic mass is 127. The molecule has 1 aromatic carbocycles. The first kappa shape index (κ1) is 15.3. The molecule has 20 heavy (non-hydrogen) atoms. The molecule has 0 amide bonds. The van der Waals surface area contributed by atoms with Crippen molar-refractivity contribution in [3.63, 3.8) is 0 Å². The summed E-state index contributed by atoms with van der Waals surface area (Å²) in [4.78, 5) is 15.0. The van der Waals surface area contributed by atoms with E-state index in [9.17, 15) is 9.18 Å². The Labute approximate surface area is 133 Å². The van der Waals surface area contributed by atoms with E-state index in [0.717, 1.165) is 33.1 Å². The number of benzene rings is 1. The summed E-state index contributed by atoms with van der Waals surface area (Å²) in [6.45, 7) is 2.00. The van der Waals surface area contributed by atoms with Gasteiger partial charge in [0.2, 0.25) is 0 Å². The molecule has 2 aromatic rings. The van der Waals surface area contributed by atoms with Gasteiger partial charge < -0.3 is 5.11 Å². The Morgan fingerprint density at radius 2 is 2.30 bits per heavy atom. The van der Waals surface area contributed by atoms with Crippen LogP contribution in [0.1, 0.15) is 12.6 Å². The Morgan fingerprint density at radius 3 is 2.90 bits per heavy atom. The number of halogens is 2. The summed E-state index contributed by atoms with van der Waals surface area (Å²) >= 11 is 3.22. The molecule has 1 heterocycles. The fourth-order valence-corrected chi connectivity index (χ4v) is 3.21. The van der Waals surface area contributed by atoms with Crippen LogP contribution in [0.2, 0.25) is 0 Å². The summed E-state index contributed by atoms with van der Waals surface area (Å²) in [6, 6.07) is 4.52. The smallest absolute Gasteiger partial charge is 0.313 e. The molecule has 0 fully saturated rings. The number of carboxylic acid groups (broad SMARTS) is 1. The number of aryl methyl sites for hydroxylation is 1. The van der Waals surface area contributed by atoms with E-state index in [1.54, 1.807) is 12.3 Å². The Morgan fingerprint density at radius 1 is 1.55 bits per heavy atom. The Kier molecular flexibility index (Phi) is 5.03. The second-order valence-electron chi connectivity index (χ2n) is 4.00. The van der Waals surface area contributed by atoms with Gasteiger partial charge in [0.25, 0.3) is 0 Å². The summed E-state index contributed by atoms with van der Waals surface area (Å²) in [5, 5.41) is 9.39. The van der Waals surface area contributed by atoms with E-state index in [1.807, 2.05) is 11.5 Å². The van der Waals surface area contributed by atoms with Crippen LogP contribution in [0.5, 0.6) is 0 Å². The summed E-state index contributed by atoms with van der Waals surface area (Å²) in [6.07, 6.45) is 2.48. The van der Waals surface area contributed by atoms with Crippen LogP contribution >= 0.6 is 34.4 Å². The normalized spacial score (nSPS) is 10.8. The number of imidazole rings is 1. The number of hydrogen-bond donors (Lipinski definition) is 1. The molecular formula is C13H12FIN2O2S. The van der Waals surface area contributed by atoms with Crippen molar-refractivity contribution >= 4 is 40.3 Å². The highest BCUT2D eigenvalue weighted by molar-refractivity contribution is 14.1. The number of rotatable bonds is 5. The van der Waals surface area contributed by atoms with Crippen molar-refractivity contribution in [1.29, 1.82) is 0 Å². The lowest BCUT2D eigenvalue weighted by molar-refractivity contribution is -0.133. The fraction of sp³-hybridized carbons (Fsp3) is 0.231. The second-order valence-corrected chi connectivity index (χ2v) is 6.10. The largest absolute Gasteiger partial charge is 0.481 e. The molecule has 2 rings (SSSR count).